The average Bonchev–Trinajstić information content (AvgIpc) is 2.95. The molecule has 7 heteroatoms. The monoisotopic (exact) mass is 367 g/mol. The number of hydrogen-bond donors (Lipinski definition) is 1. The minimum absolute atomic E-state index is 0.0522. The van der Waals surface area contributed by atoms with Crippen LogP contribution in [0.15, 0.2) is 23.2 Å². The Balaban J connectivity index is 1.90. The zero-order chi connectivity index (χ0) is 16.2. The Hall–Kier alpha value is -1.24. The van der Waals surface area contributed by atoms with Crippen LogP contribution >= 0.6 is 32.5 Å². The molecule has 4 nitrogen and oxygen atoms in total. The van der Waals surface area contributed by atoms with Crippen molar-refractivity contribution in [3.63, 3.8) is 0 Å². The Bertz CT molecular complexity index is 763. The summed E-state index contributed by atoms with van der Waals surface area (Å²) < 4.78 is 4.68. The Morgan fingerprint density at radius 2 is 2.13 bits per heavy atom. The van der Waals surface area contributed by atoms with Crippen LogP contribution in [0.3, 0.4) is 0 Å². The van der Waals surface area contributed by atoms with Gasteiger partial charge < -0.3 is 5.32 Å². The van der Waals surface area contributed by atoms with Gasteiger partial charge in [-0.1, -0.05) is 42.5 Å². The van der Waals surface area contributed by atoms with E-state index in [1.807, 2.05) is 25.1 Å². The van der Waals surface area contributed by atoms with Crippen molar-refractivity contribution in [1.29, 1.82) is 0 Å². The van der Waals surface area contributed by atoms with Gasteiger partial charge in [0, 0.05) is 16.6 Å². The number of carbonyl (C=O) groups excluding carboxylic acids is 1. The van der Waals surface area contributed by atoms with E-state index >= 15 is 0 Å². The lowest BCUT2D eigenvalue weighted by molar-refractivity contribution is 0.0928. The smallest absolute Gasteiger partial charge is 0.253 e. The molecular weight excluding hydrogens is 350 g/mol. The minimum Gasteiger partial charge on any atom is -0.349 e. The second kappa shape index (κ2) is 7.55. The van der Waals surface area contributed by atoms with Crippen LogP contribution < -0.4 is 9.99 Å². The first-order valence-electron chi connectivity index (χ1n) is 7.71. The van der Waals surface area contributed by atoms with E-state index in [0.29, 0.717) is 21.1 Å². The number of halogens is 1. The summed E-state index contributed by atoms with van der Waals surface area (Å²) in [5, 5.41) is 3.54. The molecule has 1 N–H and O–H groups in total. The van der Waals surface area contributed by atoms with E-state index < -0.39 is 0 Å². The molecule has 1 saturated carbocycles. The van der Waals surface area contributed by atoms with Crippen LogP contribution in [0.25, 0.3) is 0 Å². The first-order valence-corrected chi connectivity index (χ1v) is 10.2. The highest BCUT2D eigenvalue weighted by atomic mass is 35.5. The van der Waals surface area contributed by atoms with Gasteiger partial charge >= 0.3 is 0 Å². The summed E-state index contributed by atoms with van der Waals surface area (Å²) in [6.45, 7) is 1.98. The first-order chi connectivity index (χ1) is 11.1. The number of rotatable bonds is 3. The fourth-order valence-electron chi connectivity index (χ4n) is 2.77. The molecule has 1 amide bonds. The molecule has 1 aliphatic rings. The molecule has 0 spiro atoms. The third-order valence-corrected chi connectivity index (χ3v) is 6.14. The number of amides is 1. The zero-order valence-corrected chi connectivity index (χ0v) is 15.2. The van der Waals surface area contributed by atoms with Gasteiger partial charge in [-0.2, -0.15) is 4.37 Å². The fourth-order valence-corrected chi connectivity index (χ4v) is 4.76. The highest BCUT2D eigenvalue weighted by molar-refractivity contribution is 7.66. The van der Waals surface area contributed by atoms with Crippen LogP contribution in [0.5, 0.6) is 0 Å². The SMILES string of the molecule is Cc1ccc(N=c2ssnc2Cl)c(C(=O)NC2CCCCC2)c1. The van der Waals surface area contributed by atoms with E-state index in [9.17, 15) is 4.79 Å². The quantitative estimate of drug-likeness (QED) is 0.814. The number of nitrogens with zero attached hydrogens (tertiary/aromatic N) is 2. The topological polar surface area (TPSA) is 54.4 Å². The maximum absolute atomic E-state index is 12.7. The van der Waals surface area contributed by atoms with Crippen LogP contribution in [-0.4, -0.2) is 16.3 Å². The minimum atomic E-state index is -0.0522. The highest BCUT2D eigenvalue weighted by Gasteiger charge is 2.18. The van der Waals surface area contributed by atoms with Crippen molar-refractivity contribution < 1.29 is 4.79 Å². The van der Waals surface area contributed by atoms with Crippen LogP contribution in [0.2, 0.25) is 5.15 Å². The molecular formula is C16H18ClN3OS2. The van der Waals surface area contributed by atoms with Crippen molar-refractivity contribution in [2.24, 2.45) is 4.99 Å². The van der Waals surface area contributed by atoms with Crippen LogP contribution in [0.4, 0.5) is 5.69 Å². The van der Waals surface area contributed by atoms with Gasteiger partial charge in [-0.15, -0.1) is 0 Å². The highest BCUT2D eigenvalue weighted by Crippen LogP contribution is 2.23. The molecule has 0 aliphatic heterocycles. The van der Waals surface area contributed by atoms with Crippen LogP contribution in [0.1, 0.15) is 48.0 Å². The van der Waals surface area contributed by atoms with E-state index in [1.165, 1.54) is 40.1 Å². The molecule has 0 bridgehead atoms. The number of aromatic nitrogens is 1. The molecule has 1 aromatic heterocycles. The van der Waals surface area contributed by atoms with Crippen molar-refractivity contribution in [2.45, 2.75) is 45.1 Å². The summed E-state index contributed by atoms with van der Waals surface area (Å²) >= 11 is 6.02. The van der Waals surface area contributed by atoms with Crippen molar-refractivity contribution in [1.82, 2.24) is 9.69 Å². The normalized spacial score (nSPS) is 16.5. The Kier molecular flexibility index (Phi) is 5.46. The molecule has 1 aromatic carbocycles. The Morgan fingerprint density at radius 1 is 1.35 bits per heavy atom. The molecule has 0 saturated heterocycles. The van der Waals surface area contributed by atoms with Crippen molar-refractivity contribution in [3.8, 4) is 0 Å². The summed E-state index contributed by atoms with van der Waals surface area (Å²) in [5.41, 5.74) is 2.28. The molecule has 122 valence electrons. The van der Waals surface area contributed by atoms with E-state index in [-0.39, 0.29) is 11.9 Å². The zero-order valence-electron chi connectivity index (χ0n) is 12.8. The van der Waals surface area contributed by atoms with Gasteiger partial charge in [0.2, 0.25) is 0 Å². The van der Waals surface area contributed by atoms with Gasteiger partial charge in [0.15, 0.2) is 9.82 Å². The Morgan fingerprint density at radius 3 is 2.83 bits per heavy atom. The van der Waals surface area contributed by atoms with Gasteiger partial charge in [-0.05, 0) is 42.2 Å². The third kappa shape index (κ3) is 4.19. The molecule has 2 aromatic rings. The molecule has 1 aliphatic carbocycles. The van der Waals surface area contributed by atoms with Gasteiger partial charge in [-0.3, -0.25) is 4.79 Å². The van der Waals surface area contributed by atoms with E-state index in [4.69, 9.17) is 11.6 Å². The second-order valence-electron chi connectivity index (χ2n) is 5.79. The average molecular weight is 368 g/mol. The van der Waals surface area contributed by atoms with Crippen molar-refractivity contribution in [2.75, 3.05) is 0 Å². The summed E-state index contributed by atoms with van der Waals surface area (Å²) in [7, 11) is 2.70. The lowest BCUT2D eigenvalue weighted by Gasteiger charge is -2.23. The lowest BCUT2D eigenvalue weighted by atomic mass is 9.95. The third-order valence-electron chi connectivity index (χ3n) is 3.97. The van der Waals surface area contributed by atoms with Crippen molar-refractivity contribution in [3.05, 3.63) is 39.2 Å². The maximum atomic E-state index is 12.7. The van der Waals surface area contributed by atoms with E-state index in [0.717, 1.165) is 18.4 Å². The van der Waals surface area contributed by atoms with Gasteiger partial charge in [0.05, 0.1) is 11.3 Å². The molecule has 0 unspecified atom stereocenters. The number of nitrogens with one attached hydrogen (secondary N) is 1. The molecule has 1 fully saturated rings. The lowest BCUT2D eigenvalue weighted by Crippen LogP contribution is -2.36. The predicted octanol–water partition coefficient (Wildman–Crippen LogP) is 4.46. The number of hydrogen-bond acceptors (Lipinski definition) is 5. The molecule has 1 heterocycles. The van der Waals surface area contributed by atoms with E-state index in [1.54, 1.807) is 0 Å². The fraction of sp³-hybridized carbons (Fsp3) is 0.438. The largest absolute Gasteiger partial charge is 0.349 e. The van der Waals surface area contributed by atoms with Gasteiger partial charge in [0.25, 0.3) is 5.91 Å². The summed E-state index contributed by atoms with van der Waals surface area (Å²) in [6.07, 6.45) is 5.77. The number of benzene rings is 1. The predicted molar refractivity (Wildman–Crippen MR) is 95.7 cm³/mol. The second-order valence-corrected chi connectivity index (χ2v) is 7.98. The molecule has 0 radical (unpaired) electrons. The number of carbonyl (C=O) groups is 1. The maximum Gasteiger partial charge on any atom is 0.253 e. The molecule has 3 rings (SSSR count). The summed E-state index contributed by atoms with van der Waals surface area (Å²) in [5.74, 6) is -0.0522. The first kappa shape index (κ1) is 16.6. The molecule has 0 atom stereocenters. The molecule has 23 heavy (non-hydrogen) atoms. The van der Waals surface area contributed by atoms with Crippen molar-refractivity contribution >= 4 is 44.1 Å². The summed E-state index contributed by atoms with van der Waals surface area (Å²) in [6, 6.07) is 5.98. The Labute approximate surface area is 147 Å². The van der Waals surface area contributed by atoms with E-state index in [2.05, 4.69) is 14.7 Å². The summed E-state index contributed by atoms with van der Waals surface area (Å²) in [4.78, 5) is 17.2. The number of aryl methyl sites for hydroxylation is 1. The van der Waals surface area contributed by atoms with Crippen LogP contribution in [-0.2, 0) is 0 Å². The van der Waals surface area contributed by atoms with Gasteiger partial charge in [-0.25, -0.2) is 4.99 Å². The van der Waals surface area contributed by atoms with Gasteiger partial charge in [0.1, 0.15) is 0 Å². The van der Waals surface area contributed by atoms with Crippen LogP contribution in [0, 0.1) is 6.92 Å². The standard InChI is InChI=1S/C16H18ClN3OS2/c1-10-7-8-13(19-16-14(17)20-23-22-16)12(9-10)15(21)18-11-5-3-2-4-6-11/h7-9,11H,2-6H2,1H3,(H,18,21).